The quantitative estimate of drug-likeness (QED) is 0.889. The third kappa shape index (κ3) is 2.33. The van der Waals surface area contributed by atoms with Crippen molar-refractivity contribution in [3.05, 3.63) is 41.0 Å². The van der Waals surface area contributed by atoms with Crippen LogP contribution in [-0.2, 0) is 19.6 Å². The van der Waals surface area contributed by atoms with E-state index in [1.165, 1.54) is 5.56 Å². The predicted octanol–water partition coefficient (Wildman–Crippen LogP) is 1.62. The molecule has 0 saturated heterocycles. The number of phenolic OH excluding ortho intramolecular Hbond substituents is 1. The first-order chi connectivity index (χ1) is 9.13. The van der Waals surface area contributed by atoms with Gasteiger partial charge in [-0.2, -0.15) is 0 Å². The number of benzene rings is 1. The van der Waals surface area contributed by atoms with E-state index in [0.717, 1.165) is 43.1 Å². The molecule has 0 fully saturated rings. The van der Waals surface area contributed by atoms with Crippen LogP contribution in [0.3, 0.4) is 0 Å². The molecule has 1 aliphatic heterocycles. The third-order valence-electron chi connectivity index (χ3n) is 3.67. The highest BCUT2D eigenvalue weighted by Crippen LogP contribution is 2.24. The summed E-state index contributed by atoms with van der Waals surface area (Å²) < 4.78 is 2.10. The molecule has 1 aliphatic rings. The number of aromatic nitrogens is 3. The Morgan fingerprint density at radius 1 is 1.21 bits per heavy atom. The van der Waals surface area contributed by atoms with Gasteiger partial charge in [0.1, 0.15) is 17.9 Å². The van der Waals surface area contributed by atoms with E-state index in [1.54, 1.807) is 6.33 Å². The number of aromatic hydroxyl groups is 1. The molecule has 2 heterocycles. The van der Waals surface area contributed by atoms with Crippen molar-refractivity contribution in [1.29, 1.82) is 0 Å². The lowest BCUT2D eigenvalue weighted by molar-refractivity contribution is 0.208. The summed E-state index contributed by atoms with van der Waals surface area (Å²) in [4.78, 5) is 2.36. The Kier molecular flexibility index (Phi) is 2.98. The Morgan fingerprint density at radius 3 is 2.68 bits per heavy atom. The SMILES string of the molecule is Cc1cc(CN2CCn3cnnc3C2)cc(C)c1O. The van der Waals surface area contributed by atoms with Crippen molar-refractivity contribution in [2.45, 2.75) is 33.5 Å². The largest absolute Gasteiger partial charge is 0.507 e. The molecule has 0 spiro atoms. The lowest BCUT2D eigenvalue weighted by Gasteiger charge is -2.27. The molecule has 1 N–H and O–H groups in total. The van der Waals surface area contributed by atoms with Gasteiger partial charge in [-0.15, -0.1) is 10.2 Å². The van der Waals surface area contributed by atoms with Crippen molar-refractivity contribution < 1.29 is 5.11 Å². The molecule has 0 atom stereocenters. The number of fused-ring (bicyclic) bond motifs is 1. The first kappa shape index (κ1) is 12.2. The number of rotatable bonds is 2. The van der Waals surface area contributed by atoms with Gasteiger partial charge in [0.2, 0.25) is 0 Å². The Hall–Kier alpha value is -1.88. The first-order valence-electron chi connectivity index (χ1n) is 6.51. The van der Waals surface area contributed by atoms with Crippen molar-refractivity contribution in [2.24, 2.45) is 0 Å². The zero-order valence-corrected chi connectivity index (χ0v) is 11.3. The summed E-state index contributed by atoms with van der Waals surface area (Å²) in [7, 11) is 0. The smallest absolute Gasteiger partial charge is 0.147 e. The lowest BCUT2D eigenvalue weighted by Crippen LogP contribution is -2.33. The first-order valence-corrected chi connectivity index (χ1v) is 6.51. The molecular formula is C14H18N4O. The van der Waals surface area contributed by atoms with Crippen LogP contribution in [-0.4, -0.2) is 31.3 Å². The summed E-state index contributed by atoms with van der Waals surface area (Å²) in [6, 6.07) is 4.11. The minimum atomic E-state index is 0.405. The van der Waals surface area contributed by atoms with Crippen LogP contribution in [0.4, 0.5) is 0 Å². The van der Waals surface area contributed by atoms with E-state index in [0.29, 0.717) is 5.75 Å². The average molecular weight is 258 g/mol. The maximum Gasteiger partial charge on any atom is 0.147 e. The number of phenols is 1. The zero-order chi connectivity index (χ0) is 13.4. The van der Waals surface area contributed by atoms with Gasteiger partial charge in [0.15, 0.2) is 0 Å². The normalized spacial score (nSPS) is 15.5. The van der Waals surface area contributed by atoms with E-state index < -0.39 is 0 Å². The summed E-state index contributed by atoms with van der Waals surface area (Å²) in [6.45, 7) is 7.55. The fourth-order valence-corrected chi connectivity index (χ4v) is 2.65. The zero-order valence-electron chi connectivity index (χ0n) is 11.3. The molecule has 0 radical (unpaired) electrons. The minimum absolute atomic E-state index is 0.405. The van der Waals surface area contributed by atoms with Gasteiger partial charge in [-0.05, 0) is 30.5 Å². The van der Waals surface area contributed by atoms with E-state index in [2.05, 4.69) is 31.8 Å². The molecule has 5 heteroatoms. The Labute approximate surface area is 112 Å². The van der Waals surface area contributed by atoms with E-state index in [9.17, 15) is 5.11 Å². The fourth-order valence-electron chi connectivity index (χ4n) is 2.65. The predicted molar refractivity (Wildman–Crippen MR) is 71.7 cm³/mol. The maximum absolute atomic E-state index is 9.80. The molecule has 19 heavy (non-hydrogen) atoms. The second kappa shape index (κ2) is 4.66. The topological polar surface area (TPSA) is 54.2 Å². The van der Waals surface area contributed by atoms with Crippen molar-refractivity contribution in [2.75, 3.05) is 6.54 Å². The Balaban J connectivity index is 1.76. The highest BCUT2D eigenvalue weighted by atomic mass is 16.3. The van der Waals surface area contributed by atoms with Crippen LogP contribution in [0.5, 0.6) is 5.75 Å². The molecule has 0 amide bonds. The third-order valence-corrected chi connectivity index (χ3v) is 3.67. The summed E-state index contributed by atoms with van der Waals surface area (Å²) in [5, 5.41) is 17.9. The van der Waals surface area contributed by atoms with Gasteiger partial charge >= 0.3 is 0 Å². The Bertz CT molecular complexity index is 582. The van der Waals surface area contributed by atoms with Crippen molar-refractivity contribution in [1.82, 2.24) is 19.7 Å². The molecule has 0 unspecified atom stereocenters. The van der Waals surface area contributed by atoms with Crippen molar-refractivity contribution in [3.63, 3.8) is 0 Å². The average Bonchev–Trinajstić information content (AvgIpc) is 2.83. The molecule has 1 aromatic carbocycles. The second-order valence-electron chi connectivity index (χ2n) is 5.23. The molecule has 3 rings (SSSR count). The van der Waals surface area contributed by atoms with Crippen molar-refractivity contribution >= 4 is 0 Å². The van der Waals surface area contributed by atoms with Gasteiger partial charge in [0, 0.05) is 19.6 Å². The molecule has 2 aromatic rings. The summed E-state index contributed by atoms with van der Waals surface area (Å²) in [5.41, 5.74) is 3.12. The van der Waals surface area contributed by atoms with E-state index in [1.807, 2.05) is 13.8 Å². The van der Waals surface area contributed by atoms with Crippen LogP contribution in [0.1, 0.15) is 22.5 Å². The number of aryl methyl sites for hydroxylation is 2. The van der Waals surface area contributed by atoms with E-state index in [4.69, 9.17) is 0 Å². The fraction of sp³-hybridized carbons (Fsp3) is 0.429. The molecule has 100 valence electrons. The summed E-state index contributed by atoms with van der Waals surface area (Å²) >= 11 is 0. The lowest BCUT2D eigenvalue weighted by atomic mass is 10.1. The minimum Gasteiger partial charge on any atom is -0.507 e. The van der Waals surface area contributed by atoms with Gasteiger partial charge in [-0.25, -0.2) is 0 Å². The Morgan fingerprint density at radius 2 is 1.95 bits per heavy atom. The molecule has 0 bridgehead atoms. The van der Waals surface area contributed by atoms with Crippen LogP contribution < -0.4 is 0 Å². The van der Waals surface area contributed by atoms with Crippen LogP contribution in [0, 0.1) is 13.8 Å². The van der Waals surface area contributed by atoms with Gasteiger partial charge in [-0.1, -0.05) is 12.1 Å². The molecular weight excluding hydrogens is 240 g/mol. The van der Waals surface area contributed by atoms with Crippen molar-refractivity contribution in [3.8, 4) is 5.75 Å². The van der Waals surface area contributed by atoms with Crippen LogP contribution in [0.25, 0.3) is 0 Å². The standard InChI is InChI=1S/C14H18N4O/c1-10-5-12(6-11(2)14(10)19)7-17-3-4-18-9-15-16-13(18)8-17/h5-6,9,19H,3-4,7-8H2,1-2H3. The highest BCUT2D eigenvalue weighted by molar-refractivity contribution is 5.42. The van der Waals surface area contributed by atoms with Crippen LogP contribution in [0.2, 0.25) is 0 Å². The van der Waals surface area contributed by atoms with Gasteiger partial charge in [0.05, 0.1) is 6.54 Å². The second-order valence-corrected chi connectivity index (χ2v) is 5.23. The molecule has 5 nitrogen and oxygen atoms in total. The number of hydrogen-bond acceptors (Lipinski definition) is 4. The van der Waals surface area contributed by atoms with Gasteiger partial charge in [-0.3, -0.25) is 4.90 Å². The van der Waals surface area contributed by atoms with Crippen LogP contribution in [0.15, 0.2) is 18.5 Å². The maximum atomic E-state index is 9.80. The number of nitrogens with zero attached hydrogens (tertiary/aromatic N) is 4. The number of hydrogen-bond donors (Lipinski definition) is 1. The van der Waals surface area contributed by atoms with Gasteiger partial charge < -0.3 is 9.67 Å². The molecule has 0 saturated carbocycles. The molecule has 1 aromatic heterocycles. The monoisotopic (exact) mass is 258 g/mol. The van der Waals surface area contributed by atoms with E-state index in [-0.39, 0.29) is 0 Å². The molecule has 0 aliphatic carbocycles. The summed E-state index contributed by atoms with van der Waals surface area (Å²) in [5.74, 6) is 1.43. The van der Waals surface area contributed by atoms with Crippen LogP contribution >= 0.6 is 0 Å². The van der Waals surface area contributed by atoms with Gasteiger partial charge in [0.25, 0.3) is 0 Å². The highest BCUT2D eigenvalue weighted by Gasteiger charge is 2.17. The summed E-state index contributed by atoms with van der Waals surface area (Å²) in [6.07, 6.45) is 1.79. The van der Waals surface area contributed by atoms with E-state index >= 15 is 0 Å².